The van der Waals surface area contributed by atoms with E-state index >= 15 is 0 Å². The summed E-state index contributed by atoms with van der Waals surface area (Å²) >= 11 is 3.46. The molecule has 104 valence electrons. The summed E-state index contributed by atoms with van der Waals surface area (Å²) in [5, 5.41) is 2.23. The Balaban J connectivity index is 1.87. The molecule has 0 aliphatic heterocycles. The minimum Gasteiger partial charge on any atom is -0.294 e. The molecular weight excluding hydrogens is 324 g/mol. The first-order valence-electron chi connectivity index (χ1n) is 6.90. The zero-order valence-corrected chi connectivity index (χ0v) is 13.4. The largest absolute Gasteiger partial charge is 0.294 e. The molecule has 0 fully saturated rings. The van der Waals surface area contributed by atoms with Crippen molar-refractivity contribution in [2.75, 3.05) is 0 Å². The highest BCUT2D eigenvalue weighted by atomic mass is 79.9. The van der Waals surface area contributed by atoms with Crippen LogP contribution in [0, 0.1) is 6.92 Å². The van der Waals surface area contributed by atoms with Crippen LogP contribution in [-0.2, 0) is 6.42 Å². The predicted octanol–water partition coefficient (Wildman–Crippen LogP) is 5.34. The van der Waals surface area contributed by atoms with Crippen LogP contribution >= 0.6 is 15.9 Å². The van der Waals surface area contributed by atoms with Gasteiger partial charge < -0.3 is 0 Å². The molecule has 0 radical (unpaired) electrons. The highest BCUT2D eigenvalue weighted by Gasteiger charge is 2.08. The number of carbonyl (C=O) groups excluding carboxylic acids is 1. The maximum atomic E-state index is 12.4. The van der Waals surface area contributed by atoms with Crippen LogP contribution in [0.15, 0.2) is 65.1 Å². The van der Waals surface area contributed by atoms with Crippen LogP contribution in [0.2, 0.25) is 0 Å². The van der Waals surface area contributed by atoms with Crippen LogP contribution in [0.5, 0.6) is 0 Å². The number of benzene rings is 3. The number of ketones is 1. The second-order valence-electron chi connectivity index (χ2n) is 5.29. The summed E-state index contributed by atoms with van der Waals surface area (Å²) in [6.07, 6.45) is 0.447. The first-order valence-corrected chi connectivity index (χ1v) is 7.69. The maximum absolute atomic E-state index is 12.4. The molecule has 0 aliphatic carbocycles. The van der Waals surface area contributed by atoms with E-state index < -0.39 is 0 Å². The van der Waals surface area contributed by atoms with Gasteiger partial charge in [-0.05, 0) is 41.5 Å². The smallest absolute Gasteiger partial charge is 0.167 e. The molecule has 3 aromatic carbocycles. The Morgan fingerprint density at radius 2 is 1.57 bits per heavy atom. The van der Waals surface area contributed by atoms with Crippen molar-refractivity contribution < 1.29 is 4.79 Å². The van der Waals surface area contributed by atoms with Crippen molar-refractivity contribution in [2.24, 2.45) is 0 Å². The van der Waals surface area contributed by atoms with Gasteiger partial charge in [0.1, 0.15) is 0 Å². The van der Waals surface area contributed by atoms with Crippen molar-refractivity contribution in [3.63, 3.8) is 0 Å². The lowest BCUT2D eigenvalue weighted by Crippen LogP contribution is -2.03. The monoisotopic (exact) mass is 338 g/mol. The Hall–Kier alpha value is -1.93. The van der Waals surface area contributed by atoms with Gasteiger partial charge in [-0.25, -0.2) is 0 Å². The van der Waals surface area contributed by atoms with Crippen LogP contribution in [0.1, 0.15) is 21.5 Å². The third-order valence-electron chi connectivity index (χ3n) is 3.61. The number of hydrogen-bond acceptors (Lipinski definition) is 1. The fourth-order valence-corrected chi connectivity index (χ4v) is 2.76. The molecule has 0 amide bonds. The van der Waals surface area contributed by atoms with Gasteiger partial charge in [-0.2, -0.15) is 0 Å². The van der Waals surface area contributed by atoms with Crippen LogP contribution in [0.4, 0.5) is 0 Å². The normalized spacial score (nSPS) is 10.8. The van der Waals surface area contributed by atoms with Crippen molar-refractivity contribution in [3.05, 3.63) is 81.8 Å². The van der Waals surface area contributed by atoms with Crippen LogP contribution in [0.25, 0.3) is 10.8 Å². The molecular formula is C19H15BrO. The lowest BCUT2D eigenvalue weighted by atomic mass is 9.99. The summed E-state index contributed by atoms with van der Waals surface area (Å²) in [5.74, 6) is 0.156. The minimum absolute atomic E-state index is 0.156. The summed E-state index contributed by atoms with van der Waals surface area (Å²) in [5.41, 5.74) is 3.04. The molecule has 3 rings (SSSR count). The molecule has 0 saturated heterocycles. The summed E-state index contributed by atoms with van der Waals surface area (Å²) in [6.45, 7) is 2.05. The Bertz CT molecular complexity index is 803. The fraction of sp³-hybridized carbons (Fsp3) is 0.105. The van der Waals surface area contributed by atoms with Crippen molar-refractivity contribution in [2.45, 2.75) is 13.3 Å². The molecule has 0 bridgehead atoms. The van der Waals surface area contributed by atoms with Gasteiger partial charge in [0.2, 0.25) is 0 Å². The molecule has 0 atom stereocenters. The van der Waals surface area contributed by atoms with Crippen molar-refractivity contribution >= 4 is 32.5 Å². The lowest BCUT2D eigenvalue weighted by molar-refractivity contribution is 0.0993. The number of halogens is 1. The molecule has 0 saturated carbocycles. The number of hydrogen-bond donors (Lipinski definition) is 0. The van der Waals surface area contributed by atoms with Gasteiger partial charge in [0.25, 0.3) is 0 Å². The number of carbonyl (C=O) groups is 1. The van der Waals surface area contributed by atoms with Crippen molar-refractivity contribution in [1.82, 2.24) is 0 Å². The highest BCUT2D eigenvalue weighted by Crippen LogP contribution is 2.21. The standard InChI is InChI=1S/C19H15BrO/c1-13-2-4-14(5-3-13)10-19(21)17-7-6-16-12-18(20)9-8-15(16)11-17/h2-9,11-12H,10H2,1H3. The summed E-state index contributed by atoms with van der Waals surface area (Å²) in [6, 6.07) is 20.1. The summed E-state index contributed by atoms with van der Waals surface area (Å²) in [7, 11) is 0. The van der Waals surface area contributed by atoms with Crippen LogP contribution in [-0.4, -0.2) is 5.78 Å². The van der Waals surface area contributed by atoms with E-state index in [0.29, 0.717) is 6.42 Å². The average molecular weight is 339 g/mol. The first kappa shape index (κ1) is 14.0. The van der Waals surface area contributed by atoms with Crippen molar-refractivity contribution in [3.8, 4) is 0 Å². The number of fused-ring (bicyclic) bond motifs is 1. The third-order valence-corrected chi connectivity index (χ3v) is 4.10. The highest BCUT2D eigenvalue weighted by molar-refractivity contribution is 9.10. The second kappa shape index (κ2) is 5.82. The van der Waals surface area contributed by atoms with Gasteiger partial charge in [0, 0.05) is 16.5 Å². The molecule has 2 heteroatoms. The third kappa shape index (κ3) is 3.22. The van der Waals surface area contributed by atoms with E-state index in [0.717, 1.165) is 26.4 Å². The number of aryl methyl sites for hydroxylation is 1. The van der Waals surface area contributed by atoms with Gasteiger partial charge in [0.05, 0.1) is 0 Å². The fourth-order valence-electron chi connectivity index (χ4n) is 2.38. The van der Waals surface area contributed by atoms with E-state index in [1.165, 1.54) is 5.56 Å². The predicted molar refractivity (Wildman–Crippen MR) is 90.9 cm³/mol. The molecule has 21 heavy (non-hydrogen) atoms. The van der Waals surface area contributed by atoms with E-state index in [1.807, 2.05) is 61.5 Å². The Kier molecular flexibility index (Phi) is 3.89. The molecule has 0 N–H and O–H groups in total. The quantitative estimate of drug-likeness (QED) is 0.589. The Morgan fingerprint density at radius 3 is 2.33 bits per heavy atom. The van der Waals surface area contributed by atoms with Gasteiger partial charge >= 0.3 is 0 Å². The Morgan fingerprint density at radius 1 is 0.905 bits per heavy atom. The van der Waals surface area contributed by atoms with E-state index in [-0.39, 0.29) is 5.78 Å². The van der Waals surface area contributed by atoms with Gasteiger partial charge in [0.15, 0.2) is 5.78 Å². The van der Waals surface area contributed by atoms with Gasteiger partial charge in [-0.1, -0.05) is 64.0 Å². The topological polar surface area (TPSA) is 17.1 Å². The summed E-state index contributed by atoms with van der Waals surface area (Å²) < 4.78 is 1.05. The number of rotatable bonds is 3. The van der Waals surface area contributed by atoms with E-state index in [4.69, 9.17) is 0 Å². The average Bonchev–Trinajstić information content (AvgIpc) is 2.49. The van der Waals surface area contributed by atoms with E-state index in [9.17, 15) is 4.79 Å². The molecule has 0 spiro atoms. The molecule has 1 nitrogen and oxygen atoms in total. The molecule has 3 aromatic rings. The van der Waals surface area contributed by atoms with Gasteiger partial charge in [-0.15, -0.1) is 0 Å². The minimum atomic E-state index is 0.156. The van der Waals surface area contributed by atoms with Crippen LogP contribution in [0.3, 0.4) is 0 Å². The summed E-state index contributed by atoms with van der Waals surface area (Å²) in [4.78, 5) is 12.4. The second-order valence-corrected chi connectivity index (χ2v) is 6.21. The zero-order chi connectivity index (χ0) is 14.8. The first-order chi connectivity index (χ1) is 10.1. The number of Topliss-reactive ketones (excluding diaryl/α,β-unsaturated/α-hetero) is 1. The molecule has 0 heterocycles. The van der Waals surface area contributed by atoms with Crippen molar-refractivity contribution in [1.29, 1.82) is 0 Å². The maximum Gasteiger partial charge on any atom is 0.167 e. The zero-order valence-electron chi connectivity index (χ0n) is 11.8. The molecule has 0 unspecified atom stereocenters. The molecule has 0 aromatic heterocycles. The Labute approximate surface area is 132 Å². The van der Waals surface area contributed by atoms with Crippen LogP contribution < -0.4 is 0 Å². The van der Waals surface area contributed by atoms with Gasteiger partial charge in [-0.3, -0.25) is 4.79 Å². The molecule has 0 aliphatic rings. The van der Waals surface area contributed by atoms with E-state index in [2.05, 4.69) is 22.0 Å². The SMILES string of the molecule is Cc1ccc(CC(=O)c2ccc3cc(Br)ccc3c2)cc1. The van der Waals surface area contributed by atoms with E-state index in [1.54, 1.807) is 0 Å². The lowest BCUT2D eigenvalue weighted by Gasteiger charge is -2.05.